The molecule has 0 fully saturated rings. The van der Waals surface area contributed by atoms with E-state index >= 15 is 0 Å². The van der Waals surface area contributed by atoms with Crippen molar-refractivity contribution in [3.8, 4) is 5.75 Å². The average molecular weight is 375 g/mol. The second-order valence-corrected chi connectivity index (χ2v) is 5.28. The van der Waals surface area contributed by atoms with Gasteiger partial charge in [0.25, 0.3) is 0 Å². The number of hydrogen-bond donors (Lipinski definition) is 2. The fourth-order valence-electron chi connectivity index (χ4n) is 1.86. The number of aromatic nitrogens is 2. The van der Waals surface area contributed by atoms with Crippen molar-refractivity contribution in [2.24, 2.45) is 11.7 Å². The first-order valence-corrected chi connectivity index (χ1v) is 7.32. The molecule has 0 aliphatic heterocycles. The number of imidazole rings is 1. The molecule has 134 valence electrons. The second kappa shape index (κ2) is 10.9. The van der Waals surface area contributed by atoms with Gasteiger partial charge in [-0.1, -0.05) is 19.1 Å². The summed E-state index contributed by atoms with van der Waals surface area (Å²) in [5.74, 6) is 0.271. The summed E-state index contributed by atoms with van der Waals surface area (Å²) in [5, 5.41) is 2.87. The highest BCUT2D eigenvalue weighted by Gasteiger charge is 2.18. The maximum Gasteiger partial charge on any atom is 0.228 e. The largest absolute Gasteiger partial charge is 0.490 e. The van der Waals surface area contributed by atoms with Gasteiger partial charge in [0.15, 0.2) is 0 Å². The van der Waals surface area contributed by atoms with E-state index in [1.807, 2.05) is 48.9 Å². The molecule has 0 saturated heterocycles. The van der Waals surface area contributed by atoms with Crippen LogP contribution in [0.25, 0.3) is 0 Å². The molecule has 8 heteroatoms. The Bertz CT molecular complexity index is 606. The number of benzene rings is 1. The molecule has 1 heterocycles. The molecule has 0 saturated carbocycles. The standard InChI is InChI=1S/C16H22N4O2.2ClH/c1-12(13(2)17)16(21)19-14-5-3-4-6-15(14)22-10-9-20-8-7-18-11-20;;/h3-8,11-13H,9-10,17H2,1-2H3,(H,19,21);2*1H. The van der Waals surface area contributed by atoms with Gasteiger partial charge in [-0.15, -0.1) is 24.8 Å². The van der Waals surface area contributed by atoms with Crippen LogP contribution in [0.4, 0.5) is 5.69 Å². The summed E-state index contributed by atoms with van der Waals surface area (Å²) in [6.45, 7) is 4.81. The van der Waals surface area contributed by atoms with E-state index < -0.39 is 0 Å². The summed E-state index contributed by atoms with van der Waals surface area (Å²) in [5.41, 5.74) is 6.42. The van der Waals surface area contributed by atoms with Crippen LogP contribution in [0, 0.1) is 5.92 Å². The van der Waals surface area contributed by atoms with Crippen LogP contribution in [-0.2, 0) is 11.3 Å². The van der Waals surface area contributed by atoms with Gasteiger partial charge in [0.05, 0.1) is 24.5 Å². The lowest BCUT2D eigenvalue weighted by atomic mass is 10.0. The normalized spacial score (nSPS) is 12.3. The molecule has 6 nitrogen and oxygen atoms in total. The summed E-state index contributed by atoms with van der Waals surface area (Å²) in [6, 6.07) is 7.18. The van der Waals surface area contributed by atoms with E-state index in [-0.39, 0.29) is 42.7 Å². The molecular formula is C16H24Cl2N4O2. The number of nitrogens with one attached hydrogen (secondary N) is 1. The number of carbonyl (C=O) groups excluding carboxylic acids is 1. The molecule has 0 aliphatic rings. The Morgan fingerprint density at radius 2 is 2.04 bits per heavy atom. The zero-order valence-electron chi connectivity index (χ0n) is 13.7. The average Bonchev–Trinajstić information content (AvgIpc) is 3.01. The number of nitrogens with two attached hydrogens (primary N) is 1. The summed E-state index contributed by atoms with van der Waals surface area (Å²) in [4.78, 5) is 16.1. The van der Waals surface area contributed by atoms with Crippen LogP contribution < -0.4 is 15.8 Å². The Morgan fingerprint density at radius 3 is 2.67 bits per heavy atom. The van der Waals surface area contributed by atoms with E-state index in [9.17, 15) is 4.79 Å². The number of amides is 1. The highest BCUT2D eigenvalue weighted by atomic mass is 35.5. The van der Waals surface area contributed by atoms with Crippen LogP contribution in [-0.4, -0.2) is 28.1 Å². The van der Waals surface area contributed by atoms with Crippen molar-refractivity contribution in [3.63, 3.8) is 0 Å². The molecule has 2 rings (SSSR count). The maximum absolute atomic E-state index is 12.1. The first-order chi connectivity index (χ1) is 10.6. The number of rotatable bonds is 7. The Kier molecular flexibility index (Phi) is 10.1. The van der Waals surface area contributed by atoms with Gasteiger partial charge in [-0.3, -0.25) is 4.79 Å². The number of anilines is 1. The van der Waals surface area contributed by atoms with Gasteiger partial charge in [-0.05, 0) is 19.1 Å². The van der Waals surface area contributed by atoms with Crippen molar-refractivity contribution in [1.29, 1.82) is 0 Å². The van der Waals surface area contributed by atoms with Gasteiger partial charge in [-0.25, -0.2) is 4.98 Å². The Morgan fingerprint density at radius 1 is 1.33 bits per heavy atom. The van der Waals surface area contributed by atoms with Crippen molar-refractivity contribution in [2.75, 3.05) is 11.9 Å². The van der Waals surface area contributed by atoms with Crippen molar-refractivity contribution >= 4 is 36.4 Å². The quantitative estimate of drug-likeness (QED) is 0.780. The first-order valence-electron chi connectivity index (χ1n) is 7.32. The molecule has 0 spiro atoms. The third kappa shape index (κ3) is 6.39. The molecule has 1 aromatic heterocycles. The van der Waals surface area contributed by atoms with Crippen LogP contribution >= 0.6 is 24.8 Å². The van der Waals surface area contributed by atoms with E-state index in [4.69, 9.17) is 10.5 Å². The first kappa shape index (κ1) is 22.2. The number of ether oxygens (including phenoxy) is 1. The van der Waals surface area contributed by atoms with Crippen LogP contribution in [0.1, 0.15) is 13.8 Å². The van der Waals surface area contributed by atoms with E-state index in [1.165, 1.54) is 0 Å². The minimum absolute atomic E-state index is 0. The number of carbonyl (C=O) groups is 1. The molecule has 2 atom stereocenters. The monoisotopic (exact) mass is 374 g/mol. The minimum Gasteiger partial charge on any atom is -0.490 e. The van der Waals surface area contributed by atoms with Crippen molar-refractivity contribution in [2.45, 2.75) is 26.4 Å². The molecule has 2 unspecified atom stereocenters. The number of halogens is 2. The molecule has 1 amide bonds. The molecule has 0 aliphatic carbocycles. The molecule has 0 radical (unpaired) electrons. The highest BCUT2D eigenvalue weighted by molar-refractivity contribution is 5.94. The van der Waals surface area contributed by atoms with Crippen LogP contribution in [0.15, 0.2) is 43.0 Å². The van der Waals surface area contributed by atoms with Crippen LogP contribution in [0.5, 0.6) is 5.75 Å². The zero-order valence-corrected chi connectivity index (χ0v) is 15.3. The van der Waals surface area contributed by atoms with Gasteiger partial charge in [0.2, 0.25) is 5.91 Å². The summed E-state index contributed by atoms with van der Waals surface area (Å²) >= 11 is 0. The molecule has 1 aromatic carbocycles. The van der Waals surface area contributed by atoms with Gasteiger partial charge in [0, 0.05) is 18.4 Å². The third-order valence-electron chi connectivity index (χ3n) is 3.51. The van der Waals surface area contributed by atoms with E-state index in [0.29, 0.717) is 24.6 Å². The summed E-state index contributed by atoms with van der Waals surface area (Å²) in [7, 11) is 0. The predicted molar refractivity (Wildman–Crippen MR) is 100 cm³/mol. The van der Waals surface area contributed by atoms with E-state index in [0.717, 1.165) is 0 Å². The number of hydrogen-bond acceptors (Lipinski definition) is 4. The van der Waals surface area contributed by atoms with Gasteiger partial charge < -0.3 is 20.4 Å². The molecule has 0 bridgehead atoms. The van der Waals surface area contributed by atoms with Crippen molar-refractivity contribution in [1.82, 2.24) is 9.55 Å². The summed E-state index contributed by atoms with van der Waals surface area (Å²) in [6.07, 6.45) is 5.34. The zero-order chi connectivity index (χ0) is 15.9. The van der Waals surface area contributed by atoms with Gasteiger partial charge in [0.1, 0.15) is 12.4 Å². The molecule has 2 aromatic rings. The summed E-state index contributed by atoms with van der Waals surface area (Å²) < 4.78 is 7.69. The van der Waals surface area contributed by atoms with E-state index in [2.05, 4.69) is 10.3 Å². The fraction of sp³-hybridized carbons (Fsp3) is 0.375. The smallest absolute Gasteiger partial charge is 0.228 e. The minimum atomic E-state index is -0.265. The lowest BCUT2D eigenvalue weighted by molar-refractivity contribution is -0.119. The Labute approximate surface area is 154 Å². The number of para-hydroxylation sites is 2. The Balaban J connectivity index is 0.00000264. The SMILES string of the molecule is CC(N)C(C)C(=O)Nc1ccccc1OCCn1ccnc1.Cl.Cl. The van der Waals surface area contributed by atoms with Crippen molar-refractivity contribution in [3.05, 3.63) is 43.0 Å². The van der Waals surface area contributed by atoms with Gasteiger partial charge in [-0.2, -0.15) is 0 Å². The van der Waals surface area contributed by atoms with Crippen LogP contribution in [0.2, 0.25) is 0 Å². The molecular weight excluding hydrogens is 351 g/mol. The lowest BCUT2D eigenvalue weighted by Crippen LogP contribution is -2.34. The third-order valence-corrected chi connectivity index (χ3v) is 3.51. The topological polar surface area (TPSA) is 82.2 Å². The second-order valence-electron chi connectivity index (χ2n) is 5.28. The van der Waals surface area contributed by atoms with Crippen molar-refractivity contribution < 1.29 is 9.53 Å². The highest BCUT2D eigenvalue weighted by Crippen LogP contribution is 2.24. The molecule has 24 heavy (non-hydrogen) atoms. The van der Waals surface area contributed by atoms with Crippen LogP contribution in [0.3, 0.4) is 0 Å². The number of nitrogens with zero attached hydrogens (tertiary/aromatic N) is 2. The molecule has 3 N–H and O–H groups in total. The van der Waals surface area contributed by atoms with Gasteiger partial charge >= 0.3 is 0 Å². The maximum atomic E-state index is 12.1. The predicted octanol–water partition coefficient (Wildman–Crippen LogP) is 2.73. The Hall–Kier alpha value is -1.76. The van der Waals surface area contributed by atoms with E-state index in [1.54, 1.807) is 12.5 Å². The lowest BCUT2D eigenvalue weighted by Gasteiger charge is -2.17. The fourth-order valence-corrected chi connectivity index (χ4v) is 1.86.